The van der Waals surface area contributed by atoms with Crippen molar-refractivity contribution in [1.29, 1.82) is 0 Å². The maximum atomic E-state index is 13.1. The van der Waals surface area contributed by atoms with E-state index >= 15 is 0 Å². The Kier molecular flexibility index (Phi) is 4.85. The van der Waals surface area contributed by atoms with Gasteiger partial charge >= 0.3 is 0 Å². The zero-order valence-corrected chi connectivity index (χ0v) is 11.8. The Labute approximate surface area is 121 Å². The van der Waals surface area contributed by atoms with Crippen LogP contribution in [-0.2, 0) is 6.54 Å². The number of methoxy groups -OCH3 is 1. The smallest absolute Gasteiger partial charge is 0.194 e. The van der Waals surface area contributed by atoms with Gasteiger partial charge in [0, 0.05) is 18.2 Å². The van der Waals surface area contributed by atoms with Crippen molar-refractivity contribution in [1.82, 2.24) is 5.32 Å². The van der Waals surface area contributed by atoms with Crippen LogP contribution in [0.25, 0.3) is 0 Å². The van der Waals surface area contributed by atoms with Gasteiger partial charge in [-0.15, -0.1) is 0 Å². The van der Waals surface area contributed by atoms with Gasteiger partial charge in [-0.3, -0.25) is 0 Å². The second-order valence-corrected chi connectivity index (χ2v) is 4.72. The van der Waals surface area contributed by atoms with E-state index in [0.717, 1.165) is 23.4 Å². The molecule has 0 saturated carbocycles. The second kappa shape index (κ2) is 6.63. The van der Waals surface area contributed by atoms with Crippen molar-refractivity contribution >= 4 is 0 Å². The van der Waals surface area contributed by atoms with Gasteiger partial charge in [-0.1, -0.05) is 18.2 Å². The third-order valence-electron chi connectivity index (χ3n) is 3.26. The van der Waals surface area contributed by atoms with E-state index in [9.17, 15) is 13.2 Å². The first kappa shape index (κ1) is 15.4. The van der Waals surface area contributed by atoms with Gasteiger partial charge in [-0.05, 0) is 30.7 Å². The maximum absolute atomic E-state index is 13.1. The van der Waals surface area contributed by atoms with E-state index in [1.807, 2.05) is 31.2 Å². The van der Waals surface area contributed by atoms with Crippen LogP contribution in [-0.4, -0.2) is 7.11 Å². The molecule has 1 N–H and O–H groups in total. The number of halogens is 3. The van der Waals surface area contributed by atoms with Crippen LogP contribution < -0.4 is 10.1 Å². The molecule has 0 spiro atoms. The molecule has 21 heavy (non-hydrogen) atoms. The lowest BCUT2D eigenvalue weighted by atomic mass is 10.1. The van der Waals surface area contributed by atoms with Crippen molar-refractivity contribution < 1.29 is 17.9 Å². The van der Waals surface area contributed by atoms with Crippen LogP contribution in [0.1, 0.15) is 24.1 Å². The van der Waals surface area contributed by atoms with Crippen LogP contribution in [0.4, 0.5) is 13.2 Å². The van der Waals surface area contributed by atoms with E-state index in [4.69, 9.17) is 4.74 Å². The molecule has 2 aromatic rings. The van der Waals surface area contributed by atoms with Crippen molar-refractivity contribution in [3.63, 3.8) is 0 Å². The SMILES string of the molecule is COc1ccccc1[C@@H](C)NCc1cc(F)c(F)c(F)c1. The number of para-hydroxylation sites is 1. The van der Waals surface area contributed by atoms with E-state index in [1.165, 1.54) is 0 Å². The topological polar surface area (TPSA) is 21.3 Å². The zero-order valence-electron chi connectivity index (χ0n) is 11.8. The third kappa shape index (κ3) is 3.55. The van der Waals surface area contributed by atoms with Gasteiger partial charge in [0.15, 0.2) is 17.5 Å². The molecule has 0 aliphatic heterocycles. The Morgan fingerprint density at radius 1 is 1.10 bits per heavy atom. The summed E-state index contributed by atoms with van der Waals surface area (Å²) in [6.45, 7) is 2.13. The van der Waals surface area contributed by atoms with Gasteiger partial charge in [-0.2, -0.15) is 0 Å². The minimum absolute atomic E-state index is 0.0858. The first-order valence-electron chi connectivity index (χ1n) is 6.52. The van der Waals surface area contributed by atoms with Crippen LogP contribution in [0.5, 0.6) is 5.75 Å². The molecule has 0 aliphatic carbocycles. The Morgan fingerprint density at radius 3 is 2.33 bits per heavy atom. The fourth-order valence-corrected chi connectivity index (χ4v) is 2.12. The number of nitrogens with one attached hydrogen (secondary N) is 1. The molecule has 2 nitrogen and oxygen atoms in total. The number of benzene rings is 2. The van der Waals surface area contributed by atoms with E-state index in [0.29, 0.717) is 5.56 Å². The average Bonchev–Trinajstić information content (AvgIpc) is 2.50. The predicted molar refractivity (Wildman–Crippen MR) is 74.6 cm³/mol. The molecule has 0 aliphatic rings. The largest absolute Gasteiger partial charge is 0.496 e. The van der Waals surface area contributed by atoms with E-state index in [-0.39, 0.29) is 12.6 Å². The average molecular weight is 295 g/mol. The van der Waals surface area contributed by atoms with E-state index in [2.05, 4.69) is 5.32 Å². The van der Waals surface area contributed by atoms with E-state index < -0.39 is 17.5 Å². The highest BCUT2D eigenvalue weighted by Crippen LogP contribution is 2.24. The minimum atomic E-state index is -1.45. The standard InChI is InChI=1S/C16H16F3NO/c1-10(12-5-3-4-6-15(12)21-2)20-9-11-7-13(17)16(19)14(18)8-11/h3-8,10,20H,9H2,1-2H3/t10-/m1/s1. The quantitative estimate of drug-likeness (QED) is 0.843. The molecule has 2 rings (SSSR count). The summed E-state index contributed by atoms with van der Waals surface area (Å²) in [6.07, 6.45) is 0. The molecule has 0 fully saturated rings. The van der Waals surface area contributed by atoms with Crippen LogP contribution in [0, 0.1) is 17.5 Å². The lowest BCUT2D eigenvalue weighted by Gasteiger charge is -2.17. The van der Waals surface area contributed by atoms with Gasteiger partial charge in [0.25, 0.3) is 0 Å². The number of ether oxygens (including phenoxy) is 1. The van der Waals surface area contributed by atoms with Crippen molar-refractivity contribution in [2.45, 2.75) is 19.5 Å². The summed E-state index contributed by atoms with van der Waals surface area (Å²) in [7, 11) is 1.58. The Morgan fingerprint density at radius 2 is 1.71 bits per heavy atom. The molecule has 0 bridgehead atoms. The molecular weight excluding hydrogens is 279 g/mol. The van der Waals surface area contributed by atoms with E-state index in [1.54, 1.807) is 7.11 Å². The summed E-state index contributed by atoms with van der Waals surface area (Å²) in [5.74, 6) is -3.08. The summed E-state index contributed by atoms with van der Waals surface area (Å²) < 4.78 is 44.4. The summed E-state index contributed by atoms with van der Waals surface area (Å²) in [6, 6.07) is 9.37. The van der Waals surface area contributed by atoms with Gasteiger partial charge in [0.05, 0.1) is 7.11 Å². The van der Waals surface area contributed by atoms with Crippen molar-refractivity contribution in [2.24, 2.45) is 0 Å². The van der Waals surface area contributed by atoms with Gasteiger partial charge < -0.3 is 10.1 Å². The van der Waals surface area contributed by atoms with Gasteiger partial charge in [0.1, 0.15) is 5.75 Å². The molecule has 0 aromatic heterocycles. The zero-order chi connectivity index (χ0) is 15.4. The normalized spacial score (nSPS) is 12.2. The van der Waals surface area contributed by atoms with Crippen LogP contribution in [0.3, 0.4) is 0 Å². The minimum Gasteiger partial charge on any atom is -0.496 e. The highest BCUT2D eigenvalue weighted by molar-refractivity contribution is 5.35. The summed E-state index contributed by atoms with van der Waals surface area (Å²) in [5.41, 5.74) is 1.27. The highest BCUT2D eigenvalue weighted by atomic mass is 19.2. The first-order valence-corrected chi connectivity index (χ1v) is 6.52. The van der Waals surface area contributed by atoms with Crippen LogP contribution >= 0.6 is 0 Å². The maximum Gasteiger partial charge on any atom is 0.194 e. The fraction of sp³-hybridized carbons (Fsp3) is 0.250. The summed E-state index contributed by atoms with van der Waals surface area (Å²) in [4.78, 5) is 0. The van der Waals surface area contributed by atoms with Crippen molar-refractivity contribution in [3.8, 4) is 5.75 Å². The Hall–Kier alpha value is -2.01. The molecule has 0 unspecified atom stereocenters. The molecule has 1 atom stereocenters. The van der Waals surface area contributed by atoms with Gasteiger partial charge in [0.2, 0.25) is 0 Å². The Bertz CT molecular complexity index is 608. The summed E-state index contributed by atoms with van der Waals surface area (Å²) >= 11 is 0. The molecular formula is C16H16F3NO. The number of hydrogen-bond donors (Lipinski definition) is 1. The second-order valence-electron chi connectivity index (χ2n) is 4.72. The predicted octanol–water partition coefficient (Wildman–Crippen LogP) is 3.96. The molecule has 0 saturated heterocycles. The monoisotopic (exact) mass is 295 g/mol. The lowest BCUT2D eigenvalue weighted by molar-refractivity contribution is 0.401. The Balaban J connectivity index is 2.09. The molecule has 0 heterocycles. The van der Waals surface area contributed by atoms with Crippen LogP contribution in [0.15, 0.2) is 36.4 Å². The molecule has 2 aromatic carbocycles. The van der Waals surface area contributed by atoms with Crippen molar-refractivity contribution in [2.75, 3.05) is 7.11 Å². The van der Waals surface area contributed by atoms with Crippen molar-refractivity contribution in [3.05, 3.63) is 65.0 Å². The molecule has 0 amide bonds. The van der Waals surface area contributed by atoms with Crippen LogP contribution in [0.2, 0.25) is 0 Å². The summed E-state index contributed by atoms with van der Waals surface area (Å²) in [5, 5.41) is 3.13. The lowest BCUT2D eigenvalue weighted by Crippen LogP contribution is -2.19. The first-order chi connectivity index (χ1) is 10.0. The van der Waals surface area contributed by atoms with Gasteiger partial charge in [-0.25, -0.2) is 13.2 Å². The highest BCUT2D eigenvalue weighted by Gasteiger charge is 2.13. The number of rotatable bonds is 5. The number of hydrogen-bond acceptors (Lipinski definition) is 2. The molecule has 112 valence electrons. The molecule has 0 radical (unpaired) electrons. The third-order valence-corrected chi connectivity index (χ3v) is 3.26. The fourth-order valence-electron chi connectivity index (χ4n) is 2.12. The molecule has 5 heteroatoms.